The van der Waals surface area contributed by atoms with Gasteiger partial charge < -0.3 is 9.64 Å². The van der Waals surface area contributed by atoms with Gasteiger partial charge >= 0.3 is 0 Å². The number of nitrogens with zero attached hydrogens (tertiary/aromatic N) is 2. The normalized spacial score (nSPS) is 15.4. The van der Waals surface area contributed by atoms with Gasteiger partial charge in [0.1, 0.15) is 0 Å². The molecule has 0 atom stereocenters. The lowest BCUT2D eigenvalue weighted by Crippen LogP contribution is -2.36. The Hall–Kier alpha value is -2.38. The van der Waals surface area contributed by atoms with Crippen molar-refractivity contribution in [3.05, 3.63) is 59.2 Å². The molecule has 6 nitrogen and oxygen atoms in total. The second-order valence-electron chi connectivity index (χ2n) is 6.31. The van der Waals surface area contributed by atoms with Crippen LogP contribution in [0.25, 0.3) is 0 Å². The molecular formula is C19H23N3O3S. The van der Waals surface area contributed by atoms with Gasteiger partial charge in [0.05, 0.1) is 24.3 Å². The summed E-state index contributed by atoms with van der Waals surface area (Å²) >= 11 is 0. The third kappa shape index (κ3) is 4.42. The zero-order chi connectivity index (χ0) is 18.6. The van der Waals surface area contributed by atoms with E-state index in [1.165, 1.54) is 6.21 Å². The highest BCUT2D eigenvalue weighted by Crippen LogP contribution is 2.17. The topological polar surface area (TPSA) is 71.0 Å². The number of benzene rings is 2. The molecule has 0 bridgehead atoms. The Labute approximate surface area is 154 Å². The summed E-state index contributed by atoms with van der Waals surface area (Å²) in [6.45, 7) is 6.86. The van der Waals surface area contributed by atoms with Crippen LogP contribution in [0.15, 0.2) is 52.5 Å². The molecule has 138 valence electrons. The SMILES string of the molecule is Cc1ccc(C)c(S(=O)(=O)N/N=C\c2ccc(N3CCOCC3)cc2)c1. The fraction of sp³-hybridized carbons (Fsp3) is 0.316. The van der Waals surface area contributed by atoms with E-state index in [2.05, 4.69) is 14.8 Å². The average Bonchev–Trinajstić information content (AvgIpc) is 2.65. The first-order chi connectivity index (χ1) is 12.5. The summed E-state index contributed by atoms with van der Waals surface area (Å²) in [6.07, 6.45) is 1.51. The number of aryl methyl sites for hydroxylation is 2. The first-order valence-electron chi connectivity index (χ1n) is 8.50. The van der Waals surface area contributed by atoms with Crippen molar-refractivity contribution in [3.8, 4) is 0 Å². The van der Waals surface area contributed by atoms with E-state index in [1.54, 1.807) is 19.1 Å². The highest BCUT2D eigenvalue weighted by atomic mass is 32.2. The molecule has 1 aliphatic heterocycles. The van der Waals surface area contributed by atoms with Crippen molar-refractivity contribution in [1.29, 1.82) is 0 Å². The van der Waals surface area contributed by atoms with Crippen LogP contribution in [0.3, 0.4) is 0 Å². The number of morpholine rings is 1. The lowest BCUT2D eigenvalue weighted by molar-refractivity contribution is 0.122. The molecule has 0 amide bonds. The number of sulfonamides is 1. The van der Waals surface area contributed by atoms with Crippen molar-refractivity contribution in [2.24, 2.45) is 5.10 Å². The van der Waals surface area contributed by atoms with Crippen LogP contribution in [0.2, 0.25) is 0 Å². The maximum absolute atomic E-state index is 12.4. The van der Waals surface area contributed by atoms with Gasteiger partial charge in [-0.15, -0.1) is 0 Å². The zero-order valence-corrected chi connectivity index (χ0v) is 15.8. The Bertz CT molecular complexity index is 887. The van der Waals surface area contributed by atoms with Crippen molar-refractivity contribution < 1.29 is 13.2 Å². The standard InChI is InChI=1S/C19H23N3O3S/c1-15-3-4-16(2)19(13-15)26(23,24)21-20-14-17-5-7-18(8-6-17)22-9-11-25-12-10-22/h3-8,13-14,21H,9-12H2,1-2H3/b20-14-. The third-order valence-electron chi connectivity index (χ3n) is 4.29. The zero-order valence-electron chi connectivity index (χ0n) is 15.0. The number of hydrogen-bond donors (Lipinski definition) is 1. The molecule has 1 N–H and O–H groups in total. The maximum Gasteiger partial charge on any atom is 0.276 e. The van der Waals surface area contributed by atoms with E-state index in [0.717, 1.165) is 43.1 Å². The minimum Gasteiger partial charge on any atom is -0.378 e. The van der Waals surface area contributed by atoms with Crippen LogP contribution in [0, 0.1) is 13.8 Å². The van der Waals surface area contributed by atoms with Gasteiger partial charge in [0, 0.05) is 18.8 Å². The number of anilines is 1. The van der Waals surface area contributed by atoms with Crippen molar-refractivity contribution in [1.82, 2.24) is 4.83 Å². The Kier molecular flexibility index (Phi) is 5.58. The van der Waals surface area contributed by atoms with Crippen molar-refractivity contribution in [2.45, 2.75) is 18.7 Å². The molecule has 0 aliphatic carbocycles. The highest BCUT2D eigenvalue weighted by Gasteiger charge is 2.16. The number of nitrogens with one attached hydrogen (secondary N) is 1. The minimum atomic E-state index is -3.68. The van der Waals surface area contributed by atoms with E-state index in [-0.39, 0.29) is 4.90 Å². The van der Waals surface area contributed by atoms with E-state index < -0.39 is 10.0 Å². The molecule has 0 unspecified atom stereocenters. The predicted octanol–water partition coefficient (Wildman–Crippen LogP) is 2.45. The molecule has 0 spiro atoms. The lowest BCUT2D eigenvalue weighted by Gasteiger charge is -2.28. The Morgan fingerprint density at radius 3 is 2.46 bits per heavy atom. The van der Waals surface area contributed by atoms with Crippen molar-refractivity contribution >= 4 is 21.9 Å². The van der Waals surface area contributed by atoms with E-state index in [4.69, 9.17) is 4.74 Å². The molecule has 3 rings (SSSR count). The van der Waals surface area contributed by atoms with Crippen LogP contribution in [0.5, 0.6) is 0 Å². The lowest BCUT2D eigenvalue weighted by atomic mass is 10.2. The number of hydrogen-bond acceptors (Lipinski definition) is 5. The van der Waals surface area contributed by atoms with Crippen LogP contribution < -0.4 is 9.73 Å². The largest absolute Gasteiger partial charge is 0.378 e. The van der Waals surface area contributed by atoms with E-state index >= 15 is 0 Å². The predicted molar refractivity (Wildman–Crippen MR) is 103 cm³/mol. The van der Waals surface area contributed by atoms with Crippen LogP contribution >= 0.6 is 0 Å². The van der Waals surface area contributed by atoms with Gasteiger partial charge in [-0.05, 0) is 48.7 Å². The fourth-order valence-electron chi connectivity index (χ4n) is 2.81. The van der Waals surface area contributed by atoms with Gasteiger partial charge in [0.15, 0.2) is 0 Å². The quantitative estimate of drug-likeness (QED) is 0.646. The third-order valence-corrected chi connectivity index (χ3v) is 5.65. The first-order valence-corrected chi connectivity index (χ1v) is 9.99. The maximum atomic E-state index is 12.4. The van der Waals surface area contributed by atoms with Crippen LogP contribution in [-0.4, -0.2) is 40.9 Å². The van der Waals surface area contributed by atoms with Crippen molar-refractivity contribution in [2.75, 3.05) is 31.2 Å². The second-order valence-corrected chi connectivity index (χ2v) is 7.94. The highest BCUT2D eigenvalue weighted by molar-refractivity contribution is 7.89. The number of ether oxygens (including phenoxy) is 1. The fourth-order valence-corrected chi connectivity index (χ4v) is 3.93. The molecule has 0 radical (unpaired) electrons. The average molecular weight is 373 g/mol. The van der Waals surface area contributed by atoms with Gasteiger partial charge in [-0.1, -0.05) is 24.3 Å². The summed E-state index contributed by atoms with van der Waals surface area (Å²) in [7, 11) is -3.68. The van der Waals surface area contributed by atoms with Gasteiger partial charge in [-0.3, -0.25) is 0 Å². The molecule has 0 saturated carbocycles. The molecular weight excluding hydrogens is 350 g/mol. The van der Waals surface area contributed by atoms with Gasteiger partial charge in [-0.2, -0.15) is 13.5 Å². The second kappa shape index (κ2) is 7.88. The molecule has 0 aromatic heterocycles. The summed E-state index contributed by atoms with van der Waals surface area (Å²) in [4.78, 5) is 4.79. The first kappa shape index (κ1) is 18.4. The summed E-state index contributed by atoms with van der Waals surface area (Å²) in [6, 6.07) is 13.2. The molecule has 1 heterocycles. The van der Waals surface area contributed by atoms with E-state index in [1.807, 2.05) is 37.3 Å². The van der Waals surface area contributed by atoms with Crippen LogP contribution in [0.1, 0.15) is 16.7 Å². The van der Waals surface area contributed by atoms with Gasteiger partial charge in [0.25, 0.3) is 10.0 Å². The van der Waals surface area contributed by atoms with Crippen LogP contribution in [-0.2, 0) is 14.8 Å². The molecule has 2 aromatic carbocycles. The molecule has 7 heteroatoms. The van der Waals surface area contributed by atoms with E-state index in [0.29, 0.717) is 5.56 Å². The molecule has 1 fully saturated rings. The number of hydrazone groups is 1. The summed E-state index contributed by atoms with van der Waals surface area (Å²) in [5.74, 6) is 0. The Morgan fingerprint density at radius 1 is 1.08 bits per heavy atom. The molecule has 2 aromatic rings. The van der Waals surface area contributed by atoms with Gasteiger partial charge in [-0.25, -0.2) is 4.83 Å². The Balaban J connectivity index is 1.67. The Morgan fingerprint density at radius 2 is 1.77 bits per heavy atom. The van der Waals surface area contributed by atoms with Crippen molar-refractivity contribution in [3.63, 3.8) is 0 Å². The van der Waals surface area contributed by atoms with Crippen LogP contribution in [0.4, 0.5) is 5.69 Å². The smallest absolute Gasteiger partial charge is 0.276 e. The molecule has 1 aliphatic rings. The molecule has 26 heavy (non-hydrogen) atoms. The summed E-state index contributed by atoms with van der Waals surface area (Å²) < 4.78 is 30.2. The monoisotopic (exact) mass is 373 g/mol. The summed E-state index contributed by atoms with van der Waals surface area (Å²) in [5.41, 5.74) is 3.53. The molecule has 1 saturated heterocycles. The van der Waals surface area contributed by atoms with E-state index in [9.17, 15) is 8.42 Å². The van der Waals surface area contributed by atoms with Gasteiger partial charge in [0.2, 0.25) is 0 Å². The number of rotatable bonds is 5. The summed E-state index contributed by atoms with van der Waals surface area (Å²) in [5, 5.41) is 3.91. The minimum absolute atomic E-state index is 0.248.